The van der Waals surface area contributed by atoms with Gasteiger partial charge >= 0.3 is 0 Å². The molecule has 4 rings (SSSR count). The Morgan fingerprint density at radius 3 is 2.36 bits per heavy atom. The maximum absolute atomic E-state index is 12.8. The molecule has 1 aliphatic heterocycles. The van der Waals surface area contributed by atoms with Crippen molar-refractivity contribution in [2.75, 3.05) is 27.2 Å². The third-order valence-corrected chi connectivity index (χ3v) is 7.52. The molecule has 3 aromatic carbocycles. The molecule has 0 saturated carbocycles. The van der Waals surface area contributed by atoms with E-state index in [9.17, 15) is 18.0 Å². The number of nitrogens with zero attached hydrogens (tertiary/aromatic N) is 1. The smallest absolute Gasteiger partial charge is 0.257 e. The van der Waals surface area contributed by atoms with Gasteiger partial charge < -0.3 is 10.6 Å². The van der Waals surface area contributed by atoms with E-state index >= 15 is 0 Å². The third-order valence-electron chi connectivity index (χ3n) is 5.20. The maximum Gasteiger partial charge on any atom is 0.257 e. The molecule has 1 saturated heterocycles. The van der Waals surface area contributed by atoms with E-state index < -0.39 is 15.9 Å². The van der Waals surface area contributed by atoms with Crippen molar-refractivity contribution in [1.82, 2.24) is 0 Å². The van der Waals surface area contributed by atoms with Crippen molar-refractivity contribution < 1.29 is 18.0 Å². The van der Waals surface area contributed by atoms with Crippen LogP contribution < -0.4 is 14.9 Å². The number of sulfonamides is 1. The van der Waals surface area contributed by atoms with Crippen LogP contribution in [0.5, 0.6) is 0 Å². The van der Waals surface area contributed by atoms with E-state index in [4.69, 9.17) is 23.2 Å². The summed E-state index contributed by atoms with van der Waals surface area (Å²) in [5, 5.41) is 6.16. The monoisotopic (exact) mass is 503 g/mol. The van der Waals surface area contributed by atoms with Crippen molar-refractivity contribution in [3.8, 4) is 0 Å². The van der Waals surface area contributed by atoms with E-state index in [1.165, 1.54) is 16.4 Å². The summed E-state index contributed by atoms with van der Waals surface area (Å²) < 4.78 is 24.8. The van der Waals surface area contributed by atoms with Gasteiger partial charge in [0.1, 0.15) is 0 Å². The molecule has 3 aromatic rings. The van der Waals surface area contributed by atoms with E-state index in [-0.39, 0.29) is 22.2 Å². The topological polar surface area (TPSA) is 95.6 Å². The zero-order chi connectivity index (χ0) is 23.8. The average Bonchev–Trinajstić information content (AvgIpc) is 2.75. The fraction of sp³-hybridized carbons (Fsp3) is 0.130. The number of aryl methyl sites for hydroxylation is 1. The molecule has 10 heteroatoms. The predicted octanol–water partition coefficient (Wildman–Crippen LogP) is 4.96. The summed E-state index contributed by atoms with van der Waals surface area (Å²) in [4.78, 5) is 25.3. The maximum atomic E-state index is 12.8. The van der Waals surface area contributed by atoms with Crippen LogP contribution in [0.25, 0.3) is 0 Å². The number of hydrogen-bond donors (Lipinski definition) is 2. The van der Waals surface area contributed by atoms with E-state index in [2.05, 4.69) is 10.6 Å². The van der Waals surface area contributed by atoms with Gasteiger partial charge in [0.2, 0.25) is 10.0 Å². The molecule has 0 spiro atoms. The lowest BCUT2D eigenvalue weighted by Crippen LogP contribution is -2.47. The first-order chi connectivity index (χ1) is 15.6. The molecule has 0 radical (unpaired) electrons. The normalized spacial score (nSPS) is 14.3. The van der Waals surface area contributed by atoms with Crippen molar-refractivity contribution >= 4 is 62.1 Å². The van der Waals surface area contributed by atoms with Crippen LogP contribution in [0.3, 0.4) is 0 Å². The van der Waals surface area contributed by atoms with E-state index in [1.54, 1.807) is 48.5 Å². The lowest BCUT2D eigenvalue weighted by Gasteiger charge is -2.32. The Labute approximate surface area is 201 Å². The fourth-order valence-corrected chi connectivity index (χ4v) is 4.87. The highest BCUT2D eigenvalue weighted by Crippen LogP contribution is 2.30. The van der Waals surface area contributed by atoms with Crippen LogP contribution in [0.4, 0.5) is 17.1 Å². The largest absolute Gasteiger partial charge is 0.322 e. The zero-order valence-electron chi connectivity index (χ0n) is 17.4. The van der Waals surface area contributed by atoms with Crippen molar-refractivity contribution in [3.05, 3.63) is 87.4 Å². The quantitative estimate of drug-likeness (QED) is 0.514. The number of benzene rings is 3. The van der Waals surface area contributed by atoms with Crippen LogP contribution in [0.2, 0.25) is 10.0 Å². The van der Waals surface area contributed by atoms with Gasteiger partial charge in [-0.2, -0.15) is 0 Å². The van der Waals surface area contributed by atoms with Crippen molar-refractivity contribution in [3.63, 3.8) is 0 Å². The Balaban J connectivity index is 1.50. The molecule has 33 heavy (non-hydrogen) atoms. The molecule has 1 heterocycles. The lowest BCUT2D eigenvalue weighted by atomic mass is 10.1. The summed E-state index contributed by atoms with van der Waals surface area (Å²) in [5.41, 5.74) is 2.82. The van der Waals surface area contributed by atoms with Gasteiger partial charge in [-0.15, -0.1) is 0 Å². The molecule has 2 amide bonds. The van der Waals surface area contributed by atoms with Gasteiger partial charge in [0.05, 0.1) is 22.0 Å². The first-order valence-corrected chi connectivity index (χ1v) is 12.3. The number of hydrogen-bond acceptors (Lipinski definition) is 4. The summed E-state index contributed by atoms with van der Waals surface area (Å²) in [6.07, 6.45) is 0. The number of amides is 2. The highest BCUT2D eigenvalue weighted by molar-refractivity contribution is 7.94. The van der Waals surface area contributed by atoms with Gasteiger partial charge in [-0.25, -0.2) is 8.42 Å². The van der Waals surface area contributed by atoms with Gasteiger partial charge in [0.15, 0.2) is 0 Å². The Kier molecular flexibility index (Phi) is 6.34. The van der Waals surface area contributed by atoms with Crippen LogP contribution in [0.15, 0.2) is 60.7 Å². The Hall–Kier alpha value is -3.07. The predicted molar refractivity (Wildman–Crippen MR) is 131 cm³/mol. The van der Waals surface area contributed by atoms with Crippen molar-refractivity contribution in [1.29, 1.82) is 0 Å². The SMILES string of the molecule is Cc1ccc(NC(=O)c2ccc(N3CCS3(=O)=O)cc2Cl)cc1NC(=O)c1cccc(Cl)c1. The van der Waals surface area contributed by atoms with Gasteiger partial charge in [0, 0.05) is 28.5 Å². The molecule has 0 unspecified atom stereocenters. The van der Waals surface area contributed by atoms with Crippen molar-refractivity contribution in [2.24, 2.45) is 0 Å². The van der Waals surface area contributed by atoms with Crippen LogP contribution >= 0.6 is 23.2 Å². The summed E-state index contributed by atoms with van der Waals surface area (Å²) >= 11 is 12.2. The molecule has 1 aliphatic rings. The van der Waals surface area contributed by atoms with Gasteiger partial charge in [-0.1, -0.05) is 35.3 Å². The van der Waals surface area contributed by atoms with Crippen LogP contribution in [-0.2, 0) is 10.0 Å². The molecule has 170 valence electrons. The summed E-state index contributed by atoms with van der Waals surface area (Å²) in [5.74, 6) is -0.700. The van der Waals surface area contributed by atoms with Crippen LogP contribution in [0, 0.1) is 6.92 Å². The Morgan fingerprint density at radius 1 is 0.939 bits per heavy atom. The van der Waals surface area contributed by atoms with Gasteiger partial charge in [-0.3, -0.25) is 13.9 Å². The molecule has 0 aromatic heterocycles. The second-order valence-electron chi connectivity index (χ2n) is 7.50. The fourth-order valence-electron chi connectivity index (χ4n) is 3.32. The van der Waals surface area contributed by atoms with Crippen molar-refractivity contribution in [2.45, 2.75) is 6.92 Å². The Morgan fingerprint density at radius 2 is 1.73 bits per heavy atom. The molecule has 0 bridgehead atoms. The molecule has 2 N–H and O–H groups in total. The van der Waals surface area contributed by atoms with Crippen LogP contribution in [0.1, 0.15) is 26.3 Å². The number of halogens is 2. The van der Waals surface area contributed by atoms with E-state index in [1.807, 2.05) is 6.92 Å². The number of carbonyl (C=O) groups excluding carboxylic acids is 2. The average molecular weight is 504 g/mol. The number of rotatable bonds is 5. The number of anilines is 3. The second kappa shape index (κ2) is 9.05. The lowest BCUT2D eigenvalue weighted by molar-refractivity contribution is 0.101. The van der Waals surface area contributed by atoms with Crippen LogP contribution in [-0.4, -0.2) is 32.5 Å². The Bertz CT molecular complexity index is 1380. The van der Waals surface area contributed by atoms with E-state index in [0.717, 1.165) is 5.56 Å². The molecule has 0 aliphatic carbocycles. The second-order valence-corrected chi connectivity index (χ2v) is 10.4. The minimum absolute atomic E-state index is 0.0937. The molecular weight excluding hydrogens is 485 g/mol. The summed E-state index contributed by atoms with van der Waals surface area (Å²) in [7, 11) is -3.28. The number of nitrogens with one attached hydrogen (secondary N) is 2. The zero-order valence-corrected chi connectivity index (χ0v) is 19.8. The molecule has 1 fully saturated rings. The van der Waals surface area contributed by atoms with Gasteiger partial charge in [-0.05, 0) is 61.0 Å². The first kappa shape index (κ1) is 23.1. The minimum Gasteiger partial charge on any atom is -0.322 e. The first-order valence-electron chi connectivity index (χ1n) is 9.93. The summed E-state index contributed by atoms with van der Waals surface area (Å²) in [6, 6.07) is 16.2. The highest BCUT2D eigenvalue weighted by Gasteiger charge is 2.33. The molecule has 0 atom stereocenters. The highest BCUT2D eigenvalue weighted by atomic mass is 35.5. The van der Waals surface area contributed by atoms with E-state index in [0.29, 0.717) is 34.2 Å². The number of carbonyl (C=O) groups is 2. The summed E-state index contributed by atoms with van der Waals surface area (Å²) in [6.45, 7) is 2.22. The third kappa shape index (κ3) is 4.98. The molecular formula is C23H19Cl2N3O4S. The standard InChI is InChI=1S/C23H19Cl2N3O4S/c1-14-5-6-17(12-21(14)27-22(29)15-3-2-4-16(24)11-15)26-23(30)19-8-7-18(13-20(19)25)28-9-10-33(28,31)32/h2-8,11-13H,9-10H2,1H3,(H,26,30)(H,27,29). The van der Waals surface area contributed by atoms with Gasteiger partial charge in [0.25, 0.3) is 11.8 Å². The molecule has 7 nitrogen and oxygen atoms in total. The minimum atomic E-state index is -3.28.